The molecule has 0 unspecified atom stereocenters. The number of aromatic amines is 1. The predicted octanol–water partition coefficient (Wildman–Crippen LogP) is 1.59. The molecule has 0 amide bonds. The summed E-state index contributed by atoms with van der Waals surface area (Å²) in [5.41, 5.74) is 4.85. The van der Waals surface area contributed by atoms with Crippen LogP contribution in [0.1, 0.15) is 41.4 Å². The summed E-state index contributed by atoms with van der Waals surface area (Å²) in [5.74, 6) is 0.609. The Hall–Kier alpha value is -1.66. The molecule has 0 aliphatic carbocycles. The number of aliphatic hydroxyl groups is 1. The van der Waals surface area contributed by atoms with Gasteiger partial charge in [-0.15, -0.1) is 0 Å². The first-order valence-corrected chi connectivity index (χ1v) is 8.04. The summed E-state index contributed by atoms with van der Waals surface area (Å²) in [6.45, 7) is 8.04. The van der Waals surface area contributed by atoms with E-state index in [1.807, 2.05) is 10.9 Å². The fraction of sp³-hybridized carbons (Fsp3) is 0.625. The zero-order valence-electron chi connectivity index (χ0n) is 13.4. The van der Waals surface area contributed by atoms with Gasteiger partial charge in [-0.05, 0) is 45.8 Å². The van der Waals surface area contributed by atoms with Crippen LogP contribution >= 0.6 is 0 Å². The number of aliphatic hydroxyl groups excluding tert-OH is 1. The van der Waals surface area contributed by atoms with Gasteiger partial charge in [-0.3, -0.25) is 14.7 Å². The van der Waals surface area contributed by atoms with Crippen LogP contribution in [0.5, 0.6) is 0 Å². The fourth-order valence-corrected chi connectivity index (χ4v) is 3.39. The lowest BCUT2D eigenvalue weighted by Crippen LogP contribution is -2.32. The average molecular weight is 303 g/mol. The Balaban J connectivity index is 1.61. The largest absolute Gasteiger partial charge is 0.394 e. The van der Waals surface area contributed by atoms with Gasteiger partial charge in [0.05, 0.1) is 18.8 Å². The van der Waals surface area contributed by atoms with E-state index in [9.17, 15) is 0 Å². The van der Waals surface area contributed by atoms with Crippen LogP contribution in [0.25, 0.3) is 0 Å². The minimum absolute atomic E-state index is 0.136. The summed E-state index contributed by atoms with van der Waals surface area (Å²) < 4.78 is 1.92. The average Bonchev–Trinajstić information content (AvgIpc) is 3.13. The first kappa shape index (κ1) is 15.2. The molecule has 0 atom stereocenters. The van der Waals surface area contributed by atoms with E-state index in [1.54, 1.807) is 0 Å². The molecule has 1 fully saturated rings. The van der Waals surface area contributed by atoms with Gasteiger partial charge in [0.15, 0.2) is 0 Å². The third-order valence-electron chi connectivity index (χ3n) is 4.77. The van der Waals surface area contributed by atoms with Crippen molar-refractivity contribution in [3.8, 4) is 0 Å². The molecule has 1 aliphatic rings. The highest BCUT2D eigenvalue weighted by Gasteiger charge is 2.23. The highest BCUT2D eigenvalue weighted by molar-refractivity contribution is 5.24. The van der Waals surface area contributed by atoms with Gasteiger partial charge in [0, 0.05) is 35.6 Å². The van der Waals surface area contributed by atoms with Gasteiger partial charge >= 0.3 is 0 Å². The smallest absolute Gasteiger partial charge is 0.0644 e. The number of likely N-dealkylation sites (tertiary alicyclic amines) is 1. The minimum atomic E-state index is 0.136. The van der Waals surface area contributed by atoms with Crippen molar-refractivity contribution < 1.29 is 5.11 Å². The maximum absolute atomic E-state index is 9.11. The molecule has 3 rings (SSSR count). The Morgan fingerprint density at radius 2 is 2.09 bits per heavy atom. The molecule has 0 radical (unpaired) electrons. The van der Waals surface area contributed by atoms with Crippen molar-refractivity contribution in [3.63, 3.8) is 0 Å². The number of hydrogen-bond acceptors (Lipinski definition) is 4. The van der Waals surface area contributed by atoms with Crippen LogP contribution in [0.15, 0.2) is 12.3 Å². The molecule has 1 saturated heterocycles. The SMILES string of the molecule is Cc1nn(CCO)c(C)c1CN1CCC(c2ccn[nH]2)CC1. The molecular formula is C16H25N5O. The van der Waals surface area contributed by atoms with E-state index in [-0.39, 0.29) is 6.61 Å². The van der Waals surface area contributed by atoms with E-state index in [1.165, 1.54) is 29.8 Å². The van der Waals surface area contributed by atoms with Gasteiger partial charge in [-0.2, -0.15) is 10.2 Å². The van der Waals surface area contributed by atoms with Gasteiger partial charge in [0.1, 0.15) is 0 Å². The molecular weight excluding hydrogens is 278 g/mol. The van der Waals surface area contributed by atoms with E-state index >= 15 is 0 Å². The van der Waals surface area contributed by atoms with Crippen LogP contribution in [0.4, 0.5) is 0 Å². The monoisotopic (exact) mass is 303 g/mol. The highest BCUT2D eigenvalue weighted by atomic mass is 16.3. The molecule has 0 spiro atoms. The van der Waals surface area contributed by atoms with Crippen LogP contribution in [-0.2, 0) is 13.1 Å². The third kappa shape index (κ3) is 3.08. The zero-order valence-corrected chi connectivity index (χ0v) is 13.4. The van der Waals surface area contributed by atoms with Crippen LogP contribution in [0, 0.1) is 13.8 Å². The van der Waals surface area contributed by atoms with E-state index < -0.39 is 0 Å². The normalized spacial score (nSPS) is 17.2. The van der Waals surface area contributed by atoms with Crippen molar-refractivity contribution >= 4 is 0 Å². The number of aromatic nitrogens is 4. The maximum atomic E-state index is 9.11. The Bertz CT molecular complexity index is 596. The molecule has 2 N–H and O–H groups in total. The lowest BCUT2D eigenvalue weighted by atomic mass is 9.93. The lowest BCUT2D eigenvalue weighted by molar-refractivity contribution is 0.202. The molecule has 22 heavy (non-hydrogen) atoms. The molecule has 1 aliphatic heterocycles. The van der Waals surface area contributed by atoms with Crippen molar-refractivity contribution in [2.24, 2.45) is 0 Å². The number of H-pyrrole nitrogens is 1. The molecule has 6 nitrogen and oxygen atoms in total. The molecule has 2 aromatic heterocycles. The maximum Gasteiger partial charge on any atom is 0.0644 e. The standard InChI is InChI=1S/C16H25N5O/c1-12-15(13(2)21(19-12)9-10-22)11-20-7-4-14(5-8-20)16-3-6-17-18-16/h3,6,14,22H,4-5,7-11H2,1-2H3,(H,17,18). The minimum Gasteiger partial charge on any atom is -0.394 e. The highest BCUT2D eigenvalue weighted by Crippen LogP contribution is 2.27. The number of nitrogens with one attached hydrogen (secondary N) is 1. The molecule has 6 heteroatoms. The van der Waals surface area contributed by atoms with Crippen LogP contribution in [0.3, 0.4) is 0 Å². The van der Waals surface area contributed by atoms with Crippen LogP contribution in [-0.4, -0.2) is 49.7 Å². The summed E-state index contributed by atoms with van der Waals surface area (Å²) in [4.78, 5) is 2.51. The Labute approximate surface area is 131 Å². The first-order valence-electron chi connectivity index (χ1n) is 8.04. The first-order chi connectivity index (χ1) is 10.7. The number of rotatable bonds is 5. The van der Waals surface area contributed by atoms with Gasteiger partial charge in [-0.25, -0.2) is 0 Å². The molecule has 0 aromatic carbocycles. The van der Waals surface area contributed by atoms with Gasteiger partial charge < -0.3 is 5.11 Å². The third-order valence-corrected chi connectivity index (χ3v) is 4.77. The summed E-state index contributed by atoms with van der Waals surface area (Å²) >= 11 is 0. The zero-order chi connectivity index (χ0) is 15.5. The van der Waals surface area contributed by atoms with E-state index in [0.29, 0.717) is 12.5 Å². The van der Waals surface area contributed by atoms with Crippen molar-refractivity contribution in [1.82, 2.24) is 24.9 Å². The molecule has 0 bridgehead atoms. The predicted molar refractivity (Wildman–Crippen MR) is 84.6 cm³/mol. The van der Waals surface area contributed by atoms with Crippen molar-refractivity contribution in [1.29, 1.82) is 0 Å². The second kappa shape index (κ2) is 6.62. The van der Waals surface area contributed by atoms with Crippen molar-refractivity contribution in [2.45, 2.75) is 45.7 Å². The molecule has 120 valence electrons. The Kier molecular flexibility index (Phi) is 4.59. The Morgan fingerprint density at radius 1 is 1.32 bits per heavy atom. The summed E-state index contributed by atoms with van der Waals surface area (Å²) in [6.07, 6.45) is 4.18. The van der Waals surface area contributed by atoms with E-state index in [0.717, 1.165) is 25.3 Å². The molecule has 2 aromatic rings. The van der Waals surface area contributed by atoms with Crippen LogP contribution < -0.4 is 0 Å². The number of piperidine rings is 1. The molecule has 0 saturated carbocycles. The van der Waals surface area contributed by atoms with Gasteiger partial charge in [0.25, 0.3) is 0 Å². The summed E-state index contributed by atoms with van der Waals surface area (Å²) in [6, 6.07) is 2.09. The fourth-order valence-electron chi connectivity index (χ4n) is 3.39. The lowest BCUT2D eigenvalue weighted by Gasteiger charge is -2.31. The van der Waals surface area contributed by atoms with Crippen LogP contribution in [0.2, 0.25) is 0 Å². The second-order valence-electron chi connectivity index (χ2n) is 6.16. The second-order valence-corrected chi connectivity index (χ2v) is 6.16. The van der Waals surface area contributed by atoms with Crippen molar-refractivity contribution in [3.05, 3.63) is 34.9 Å². The topological polar surface area (TPSA) is 70.0 Å². The van der Waals surface area contributed by atoms with Crippen molar-refractivity contribution in [2.75, 3.05) is 19.7 Å². The Morgan fingerprint density at radius 3 is 2.73 bits per heavy atom. The van der Waals surface area contributed by atoms with E-state index in [2.05, 4.69) is 40.1 Å². The summed E-state index contributed by atoms with van der Waals surface area (Å²) in [7, 11) is 0. The van der Waals surface area contributed by atoms with E-state index in [4.69, 9.17) is 5.11 Å². The number of nitrogens with zero attached hydrogens (tertiary/aromatic N) is 4. The molecule has 3 heterocycles. The van der Waals surface area contributed by atoms with Gasteiger partial charge in [-0.1, -0.05) is 0 Å². The number of hydrogen-bond donors (Lipinski definition) is 2. The summed E-state index contributed by atoms with van der Waals surface area (Å²) in [5, 5.41) is 20.8. The number of aryl methyl sites for hydroxylation is 1. The van der Waals surface area contributed by atoms with Gasteiger partial charge in [0.2, 0.25) is 0 Å². The quantitative estimate of drug-likeness (QED) is 0.880.